The summed E-state index contributed by atoms with van der Waals surface area (Å²) >= 11 is 5.84. The van der Waals surface area contributed by atoms with E-state index in [0.717, 1.165) is 36.4 Å². The summed E-state index contributed by atoms with van der Waals surface area (Å²) in [6.45, 7) is 0. The van der Waals surface area contributed by atoms with Crippen LogP contribution in [-0.4, -0.2) is 66.0 Å². The summed E-state index contributed by atoms with van der Waals surface area (Å²) in [5.74, 6) is -1.02. The van der Waals surface area contributed by atoms with Gasteiger partial charge in [-0.05, 0) is 53.4 Å². The van der Waals surface area contributed by atoms with Crippen molar-refractivity contribution in [1.82, 2.24) is 15.0 Å². The molecule has 5 rings (SSSR count). The van der Waals surface area contributed by atoms with Gasteiger partial charge in [0.25, 0.3) is 0 Å². The summed E-state index contributed by atoms with van der Waals surface area (Å²) in [7, 11) is -14.4. The molecule has 3 N–H and O–H groups in total. The molecule has 5 aromatic rings. The Morgan fingerprint density at radius 1 is 0.809 bits per heavy atom. The Kier molecular flexibility index (Phi) is 11.7. The Labute approximate surface area is 317 Å². The predicted molar refractivity (Wildman–Crippen MR) is 156 cm³/mol. The minimum Gasteiger partial charge on any atom is -0.744 e. The quantitative estimate of drug-likeness (QED) is 0.0964. The van der Waals surface area contributed by atoms with E-state index in [4.69, 9.17) is 17.3 Å². The van der Waals surface area contributed by atoms with Crippen molar-refractivity contribution in [2.45, 2.75) is 14.7 Å². The van der Waals surface area contributed by atoms with Gasteiger partial charge in [0.1, 0.15) is 41.7 Å². The van der Waals surface area contributed by atoms with Crippen molar-refractivity contribution in [3.05, 3.63) is 59.9 Å². The van der Waals surface area contributed by atoms with Gasteiger partial charge in [0, 0.05) is 28.9 Å². The Balaban J connectivity index is 0.00000267. The molecule has 0 saturated heterocycles. The van der Waals surface area contributed by atoms with E-state index in [9.17, 15) is 44.0 Å². The molecule has 0 radical (unpaired) electrons. The van der Waals surface area contributed by atoms with Gasteiger partial charge in [-0.1, -0.05) is 18.2 Å². The van der Waals surface area contributed by atoms with Crippen LogP contribution in [0.4, 0.5) is 29.0 Å². The number of benzene rings is 4. The summed E-state index contributed by atoms with van der Waals surface area (Å²) in [4.78, 5) is 10.00. The molecule has 0 aliphatic carbocycles. The van der Waals surface area contributed by atoms with Crippen LogP contribution in [0.5, 0.6) is 5.75 Å². The summed E-state index contributed by atoms with van der Waals surface area (Å²) in [5.41, 5.74) is 4.34. The van der Waals surface area contributed by atoms with Gasteiger partial charge in [0.2, 0.25) is 17.2 Å². The molecule has 0 spiro atoms. The van der Waals surface area contributed by atoms with Crippen LogP contribution >= 0.6 is 11.6 Å². The number of fused-ring (bicyclic) bond motifs is 2. The predicted octanol–water partition coefficient (Wildman–Crippen LogP) is -2.86. The number of hydrogen-bond donors (Lipinski definition) is 2. The molecule has 0 unspecified atom stereocenters. The van der Waals surface area contributed by atoms with Crippen LogP contribution in [0, 0.1) is 0 Å². The van der Waals surface area contributed by atoms with Gasteiger partial charge < -0.3 is 29.4 Å². The minimum absolute atomic E-state index is 0. The molecular weight excluding hydrogens is 724 g/mol. The number of anilines is 3. The van der Waals surface area contributed by atoms with Crippen LogP contribution in [0.2, 0.25) is 5.28 Å². The summed E-state index contributed by atoms with van der Waals surface area (Å²) in [6, 6.07) is 9.84. The van der Waals surface area contributed by atoms with E-state index in [1.165, 1.54) is 30.1 Å². The van der Waals surface area contributed by atoms with Crippen molar-refractivity contribution in [1.29, 1.82) is 0 Å². The molecular formula is C24H16ClN7Na2O10S3. The maximum absolute atomic E-state index is 12.2. The molecule has 0 amide bonds. The number of phenols is 1. The zero-order valence-electron chi connectivity index (χ0n) is 25.2. The minimum atomic E-state index is -5.43. The number of halogens is 1. The van der Waals surface area contributed by atoms with E-state index >= 15 is 0 Å². The fourth-order valence-corrected chi connectivity index (χ4v) is 6.72. The Hall–Kier alpha value is -2.57. The molecule has 234 valence electrons. The monoisotopic (exact) mass is 739 g/mol. The SMILES string of the molecule is CN(c1ccc2c(O)c(N=Nc3ccc4c(S(=O)(=O)[O-])cccc4c3S(=O)(=O)[O-])c(S(=O)(=O)[O-])cc2c1)c1nc(N)nc(Cl)n1.[H+].[Na+].[Na+]. The molecule has 23 heteroatoms. The van der Waals surface area contributed by atoms with Gasteiger partial charge in [0.05, 0.1) is 14.7 Å². The maximum atomic E-state index is 12.2. The van der Waals surface area contributed by atoms with Crippen molar-refractivity contribution in [2.24, 2.45) is 10.2 Å². The number of phenolic OH excluding ortho intramolecular Hbond substituents is 1. The molecule has 0 aliphatic rings. The van der Waals surface area contributed by atoms with Gasteiger partial charge in [0.15, 0.2) is 5.75 Å². The van der Waals surface area contributed by atoms with Crippen molar-refractivity contribution < 1.29 is 105 Å². The van der Waals surface area contributed by atoms with Gasteiger partial charge in [-0.3, -0.25) is 0 Å². The third-order valence-electron chi connectivity index (χ3n) is 6.33. The first-order valence-corrected chi connectivity index (χ1v) is 16.5. The fourth-order valence-electron chi connectivity index (χ4n) is 4.41. The summed E-state index contributed by atoms with van der Waals surface area (Å²) in [5, 5.41) is 17.1. The number of nitrogens with two attached hydrogens (primary N) is 1. The Morgan fingerprint density at radius 3 is 2.04 bits per heavy atom. The molecule has 47 heavy (non-hydrogen) atoms. The molecule has 1 heterocycles. The molecule has 0 atom stereocenters. The first kappa shape index (κ1) is 38.9. The molecule has 0 saturated carbocycles. The van der Waals surface area contributed by atoms with E-state index in [1.807, 2.05) is 0 Å². The van der Waals surface area contributed by atoms with Crippen LogP contribution < -0.4 is 69.7 Å². The smallest absolute Gasteiger partial charge is 0.744 e. The molecule has 1 aromatic heterocycles. The Morgan fingerprint density at radius 2 is 1.45 bits per heavy atom. The van der Waals surface area contributed by atoms with Crippen molar-refractivity contribution >= 4 is 92.5 Å². The largest absolute Gasteiger partial charge is 1.00 e. The summed E-state index contributed by atoms with van der Waals surface area (Å²) in [6.07, 6.45) is 0. The topological polar surface area (TPSA) is 284 Å². The number of hydrogen-bond acceptors (Lipinski definition) is 17. The zero-order chi connectivity index (χ0) is 33.1. The second kappa shape index (κ2) is 14.1. The zero-order valence-corrected chi connectivity index (χ0v) is 31.4. The third kappa shape index (κ3) is 8.02. The molecule has 0 bridgehead atoms. The molecule has 0 fully saturated rings. The van der Waals surface area contributed by atoms with Gasteiger partial charge >= 0.3 is 60.5 Å². The van der Waals surface area contributed by atoms with Gasteiger partial charge in [-0.25, -0.2) is 25.3 Å². The van der Waals surface area contributed by atoms with E-state index < -0.39 is 72.9 Å². The van der Waals surface area contributed by atoms with E-state index in [-0.39, 0.29) is 88.5 Å². The standard InChI is InChI=1S/C24H18ClN7O10S3.2Na/c1-32(24-28-22(25)27-23(26)29-24)12-5-6-13-11(9-12)10-18(44(37,38)39)19(20(13)33)31-30-16-8-7-14-15(21(16)45(40,41)42)3-2-4-17(14)43(34,35)36;;/h2-10,33H,1H3,(H,34,35,36)(H,37,38,39)(H,40,41,42)(H2,26,27,28,29);;/q;2*+1/p-2. The second-order valence-corrected chi connectivity index (χ2v) is 13.5. The molecule has 0 aliphatic heterocycles. The number of rotatable bonds is 7. The fraction of sp³-hybridized carbons (Fsp3) is 0.0417. The van der Waals surface area contributed by atoms with E-state index in [2.05, 4.69) is 25.2 Å². The van der Waals surface area contributed by atoms with Gasteiger partial charge in [-0.2, -0.15) is 15.0 Å². The van der Waals surface area contributed by atoms with Crippen LogP contribution in [-0.2, 0) is 30.4 Å². The average Bonchev–Trinajstić information content (AvgIpc) is 2.93. The number of azo groups is 1. The molecule has 17 nitrogen and oxygen atoms in total. The third-order valence-corrected chi connectivity index (χ3v) is 9.18. The van der Waals surface area contributed by atoms with Crippen molar-refractivity contribution in [2.75, 3.05) is 17.7 Å². The average molecular weight is 740 g/mol. The van der Waals surface area contributed by atoms with Crippen LogP contribution in [0.25, 0.3) is 21.5 Å². The van der Waals surface area contributed by atoms with Gasteiger partial charge in [-0.15, -0.1) is 10.2 Å². The van der Waals surface area contributed by atoms with Crippen LogP contribution in [0.1, 0.15) is 1.43 Å². The second-order valence-electron chi connectivity index (χ2n) is 9.13. The first-order valence-electron chi connectivity index (χ1n) is 11.9. The van der Waals surface area contributed by atoms with Crippen molar-refractivity contribution in [3.8, 4) is 5.75 Å². The number of aromatic nitrogens is 3. The van der Waals surface area contributed by atoms with Crippen LogP contribution in [0.15, 0.2) is 79.5 Å². The van der Waals surface area contributed by atoms with E-state index in [1.54, 1.807) is 0 Å². The van der Waals surface area contributed by atoms with Crippen molar-refractivity contribution in [3.63, 3.8) is 0 Å². The number of nitrogen functional groups attached to an aromatic ring is 1. The summed E-state index contributed by atoms with van der Waals surface area (Å²) < 4.78 is 108. The normalized spacial score (nSPS) is 12.2. The first-order chi connectivity index (χ1) is 20.9. The molecule has 4 aromatic carbocycles. The maximum Gasteiger partial charge on any atom is 1.00 e. The Bertz CT molecular complexity index is 2420. The number of nitrogens with zero attached hydrogens (tertiary/aromatic N) is 6. The van der Waals surface area contributed by atoms with E-state index in [0.29, 0.717) is 5.69 Å². The number of aromatic hydroxyl groups is 1. The van der Waals surface area contributed by atoms with Crippen LogP contribution in [0.3, 0.4) is 0 Å².